The molecule has 0 spiro atoms. The van der Waals surface area contributed by atoms with E-state index < -0.39 is 19.3 Å². The Kier molecular flexibility index (Phi) is 4.90. The van der Waals surface area contributed by atoms with Crippen LogP contribution >= 0.6 is 7.29 Å². The molecular formula is C10H18N3O3P. The van der Waals surface area contributed by atoms with Gasteiger partial charge in [0.05, 0.1) is 6.33 Å². The highest BCUT2D eigenvalue weighted by Crippen LogP contribution is 2.40. The van der Waals surface area contributed by atoms with Gasteiger partial charge in [-0.2, -0.15) is 0 Å². The summed E-state index contributed by atoms with van der Waals surface area (Å²) in [7, 11) is -2.57. The van der Waals surface area contributed by atoms with Gasteiger partial charge in [0.25, 0.3) is 0 Å². The number of carbonyl (C=O) groups is 1. The monoisotopic (exact) mass is 259 g/mol. The van der Waals surface area contributed by atoms with Gasteiger partial charge in [-0.1, -0.05) is 13.8 Å². The van der Waals surface area contributed by atoms with Crippen molar-refractivity contribution in [3.63, 3.8) is 0 Å². The average molecular weight is 259 g/mol. The first-order valence-electron chi connectivity index (χ1n) is 5.56. The van der Waals surface area contributed by atoms with Gasteiger partial charge < -0.3 is 14.7 Å². The lowest BCUT2D eigenvalue weighted by molar-refractivity contribution is -0.138. The minimum Gasteiger partial charge on any atom is -0.480 e. The van der Waals surface area contributed by atoms with Crippen LogP contribution in [0.2, 0.25) is 0 Å². The number of carboxylic acids is 1. The Hall–Kier alpha value is -1.13. The molecule has 1 rings (SSSR count). The van der Waals surface area contributed by atoms with E-state index in [9.17, 15) is 9.36 Å². The molecule has 0 saturated carbocycles. The zero-order valence-electron chi connectivity index (χ0n) is 10.0. The molecule has 0 bridgehead atoms. The van der Waals surface area contributed by atoms with Crippen LogP contribution in [0.15, 0.2) is 12.5 Å². The molecule has 0 aliphatic carbocycles. The molecule has 7 heteroatoms. The average Bonchev–Trinajstić information content (AvgIpc) is 2.80. The highest BCUT2D eigenvalue weighted by atomic mass is 31.2. The second kappa shape index (κ2) is 5.98. The Morgan fingerprint density at radius 1 is 1.59 bits per heavy atom. The number of hydrogen-bond acceptors (Lipinski definition) is 3. The van der Waals surface area contributed by atoms with E-state index in [1.807, 2.05) is 0 Å². The number of imidazole rings is 1. The Bertz CT molecular complexity index is 397. The maximum Gasteiger partial charge on any atom is 0.321 e. The molecule has 3 N–H and O–H groups in total. The molecule has 1 unspecified atom stereocenters. The van der Waals surface area contributed by atoms with Crippen LogP contribution in [0.5, 0.6) is 0 Å². The fourth-order valence-electron chi connectivity index (χ4n) is 1.49. The topological polar surface area (TPSA) is 95.1 Å². The summed E-state index contributed by atoms with van der Waals surface area (Å²) in [4.78, 5) is 17.8. The molecule has 0 aromatic carbocycles. The van der Waals surface area contributed by atoms with Crippen molar-refractivity contribution < 1.29 is 14.5 Å². The number of aliphatic carboxylic acids is 1. The number of carboxylic acid groups (broad SMARTS) is 1. The molecule has 0 amide bonds. The van der Waals surface area contributed by atoms with E-state index in [4.69, 9.17) is 5.11 Å². The predicted molar refractivity (Wildman–Crippen MR) is 65.5 cm³/mol. The second-order valence-corrected chi connectivity index (χ2v) is 7.12. The van der Waals surface area contributed by atoms with Crippen molar-refractivity contribution in [2.45, 2.75) is 26.3 Å². The summed E-state index contributed by atoms with van der Waals surface area (Å²) < 4.78 is 12.2. The molecule has 17 heavy (non-hydrogen) atoms. The first-order valence-corrected chi connectivity index (χ1v) is 7.64. The summed E-state index contributed by atoms with van der Waals surface area (Å²) >= 11 is 0. The van der Waals surface area contributed by atoms with Gasteiger partial charge in [-0.15, -0.1) is 0 Å². The van der Waals surface area contributed by atoms with Crippen molar-refractivity contribution in [3.8, 4) is 0 Å². The van der Waals surface area contributed by atoms with E-state index in [2.05, 4.69) is 15.1 Å². The van der Waals surface area contributed by atoms with Crippen LogP contribution < -0.4 is 5.09 Å². The largest absolute Gasteiger partial charge is 0.480 e. The van der Waals surface area contributed by atoms with Crippen molar-refractivity contribution in [2.24, 2.45) is 0 Å². The third kappa shape index (κ3) is 3.98. The van der Waals surface area contributed by atoms with Crippen molar-refractivity contribution in [1.29, 1.82) is 0 Å². The quantitative estimate of drug-likeness (QED) is 0.642. The zero-order chi connectivity index (χ0) is 12.9. The Labute approximate surface area is 100 Å². The van der Waals surface area contributed by atoms with Crippen LogP contribution in [0.3, 0.4) is 0 Å². The van der Waals surface area contributed by atoms with Crippen molar-refractivity contribution >= 4 is 13.3 Å². The van der Waals surface area contributed by atoms with Gasteiger partial charge in [0.1, 0.15) is 13.3 Å². The van der Waals surface area contributed by atoms with Gasteiger partial charge in [-0.25, -0.2) is 4.98 Å². The first-order chi connectivity index (χ1) is 8.00. The van der Waals surface area contributed by atoms with Gasteiger partial charge in [0, 0.05) is 30.6 Å². The van der Waals surface area contributed by atoms with Gasteiger partial charge in [-0.3, -0.25) is 9.88 Å². The van der Waals surface area contributed by atoms with Crippen LogP contribution in [0, 0.1) is 0 Å². The summed E-state index contributed by atoms with van der Waals surface area (Å²) in [6.07, 6.45) is 4.22. The highest BCUT2D eigenvalue weighted by Gasteiger charge is 2.27. The molecule has 1 heterocycles. The molecule has 0 aliphatic heterocycles. The minimum atomic E-state index is -2.57. The maximum atomic E-state index is 12.2. The molecule has 0 aliphatic rings. The van der Waals surface area contributed by atoms with Crippen molar-refractivity contribution in [3.05, 3.63) is 18.2 Å². The Balaban J connectivity index is 2.73. The molecule has 96 valence electrons. The number of nitrogens with one attached hydrogen (secondary N) is 2. The van der Waals surface area contributed by atoms with E-state index >= 15 is 0 Å². The smallest absolute Gasteiger partial charge is 0.321 e. The van der Waals surface area contributed by atoms with Crippen LogP contribution in [0.1, 0.15) is 19.5 Å². The number of aromatic nitrogens is 2. The lowest BCUT2D eigenvalue weighted by Crippen LogP contribution is -2.37. The SMILES string of the molecule is CCP(=O)(CC)NC(Cc1cnc[nH]1)C(=O)O. The fraction of sp³-hybridized carbons (Fsp3) is 0.600. The Morgan fingerprint density at radius 2 is 2.24 bits per heavy atom. The van der Waals surface area contributed by atoms with Crippen molar-refractivity contribution in [2.75, 3.05) is 12.3 Å². The Morgan fingerprint density at radius 3 is 2.65 bits per heavy atom. The third-order valence-corrected chi connectivity index (χ3v) is 5.52. The van der Waals surface area contributed by atoms with E-state index in [0.29, 0.717) is 18.0 Å². The summed E-state index contributed by atoms with van der Waals surface area (Å²) in [5.41, 5.74) is 0.712. The van der Waals surface area contributed by atoms with E-state index in [-0.39, 0.29) is 6.42 Å². The van der Waals surface area contributed by atoms with Crippen LogP contribution in [0.25, 0.3) is 0 Å². The van der Waals surface area contributed by atoms with Gasteiger partial charge >= 0.3 is 5.97 Å². The number of hydrogen-bond donors (Lipinski definition) is 3. The number of H-pyrrole nitrogens is 1. The molecule has 0 saturated heterocycles. The van der Waals surface area contributed by atoms with Crippen LogP contribution in [0.4, 0.5) is 0 Å². The molecule has 1 aromatic heterocycles. The van der Waals surface area contributed by atoms with Crippen molar-refractivity contribution in [1.82, 2.24) is 15.1 Å². The molecule has 0 fully saturated rings. The lowest BCUT2D eigenvalue weighted by Gasteiger charge is -2.21. The van der Waals surface area contributed by atoms with E-state index in [0.717, 1.165) is 0 Å². The summed E-state index contributed by atoms with van der Waals surface area (Å²) in [5, 5.41) is 11.9. The van der Waals surface area contributed by atoms with Gasteiger partial charge in [0.2, 0.25) is 0 Å². The van der Waals surface area contributed by atoms with Gasteiger partial charge in [0.15, 0.2) is 0 Å². The summed E-state index contributed by atoms with van der Waals surface area (Å²) in [6, 6.07) is -0.846. The first kappa shape index (κ1) is 13.9. The zero-order valence-corrected chi connectivity index (χ0v) is 10.9. The lowest BCUT2D eigenvalue weighted by atomic mass is 10.2. The van der Waals surface area contributed by atoms with Crippen LogP contribution in [-0.4, -0.2) is 39.4 Å². The normalized spacial score (nSPS) is 13.5. The standard InChI is InChI=1S/C10H18N3O3P/c1-3-17(16,4-2)13-9(10(14)15)5-8-6-11-7-12-8/h6-7,9H,3-5H2,1-2H3,(H,11,12)(H,13,16)(H,14,15). The molecular weight excluding hydrogens is 241 g/mol. The number of rotatable bonds is 7. The predicted octanol–water partition coefficient (Wildman–Crippen LogP) is 1.31. The van der Waals surface area contributed by atoms with Gasteiger partial charge in [-0.05, 0) is 0 Å². The molecule has 1 aromatic rings. The molecule has 6 nitrogen and oxygen atoms in total. The number of aromatic amines is 1. The number of nitrogens with zero attached hydrogens (tertiary/aromatic N) is 1. The molecule has 1 atom stereocenters. The third-order valence-electron chi connectivity index (χ3n) is 2.69. The minimum absolute atomic E-state index is 0.249. The second-order valence-electron chi connectivity index (χ2n) is 3.82. The summed E-state index contributed by atoms with van der Waals surface area (Å²) in [6.45, 7) is 3.60. The highest BCUT2D eigenvalue weighted by molar-refractivity contribution is 7.61. The van der Waals surface area contributed by atoms with E-state index in [1.54, 1.807) is 20.0 Å². The van der Waals surface area contributed by atoms with E-state index in [1.165, 1.54) is 6.33 Å². The van der Waals surface area contributed by atoms with Crippen LogP contribution in [-0.2, 0) is 15.8 Å². The maximum absolute atomic E-state index is 12.2. The molecule has 0 radical (unpaired) electrons. The summed E-state index contributed by atoms with van der Waals surface area (Å²) in [5.74, 6) is -0.998. The fourth-order valence-corrected chi connectivity index (χ4v) is 3.08.